The first-order valence-electron chi connectivity index (χ1n) is 7.88. The Morgan fingerprint density at radius 2 is 2.05 bits per heavy atom. The second-order valence-electron chi connectivity index (χ2n) is 6.03. The molecule has 2 N–H and O–H groups in total. The highest BCUT2D eigenvalue weighted by Gasteiger charge is 2.28. The Kier molecular flexibility index (Phi) is 4.71. The third-order valence-corrected chi connectivity index (χ3v) is 4.35. The Morgan fingerprint density at radius 3 is 2.73 bits per heavy atom. The lowest BCUT2D eigenvalue weighted by Crippen LogP contribution is -2.36. The van der Waals surface area contributed by atoms with Crippen LogP contribution in [0.4, 0.5) is 4.39 Å². The minimum Gasteiger partial charge on any atom is -0.362 e. The zero-order valence-electron chi connectivity index (χ0n) is 12.6. The number of ether oxygens (including phenoxy) is 1. The normalized spacial score (nSPS) is 26.0. The van der Waals surface area contributed by atoms with Crippen LogP contribution in [0, 0.1) is 11.7 Å². The molecule has 1 atom stereocenters. The van der Waals surface area contributed by atoms with Gasteiger partial charge in [0.2, 0.25) is 0 Å². The van der Waals surface area contributed by atoms with Crippen molar-refractivity contribution >= 4 is 5.57 Å². The standard InChI is InChI=1S/C18H22FNO2/c19-17-4-2-1-3-16(17)15-5-9-18(21,10-6-15)22-13-14-7-11-20-12-8-14/h1-6,9,14,20-21H,7-8,10-13H2. The van der Waals surface area contributed by atoms with E-state index in [4.69, 9.17) is 4.74 Å². The summed E-state index contributed by atoms with van der Waals surface area (Å²) in [6.07, 6.45) is 7.71. The van der Waals surface area contributed by atoms with Gasteiger partial charge in [0.05, 0.1) is 6.61 Å². The van der Waals surface area contributed by atoms with Gasteiger partial charge in [0.1, 0.15) is 5.82 Å². The van der Waals surface area contributed by atoms with E-state index in [9.17, 15) is 9.50 Å². The zero-order valence-corrected chi connectivity index (χ0v) is 12.6. The van der Waals surface area contributed by atoms with Crippen molar-refractivity contribution in [3.05, 3.63) is 53.9 Å². The fourth-order valence-electron chi connectivity index (χ4n) is 2.92. The Labute approximate surface area is 130 Å². The van der Waals surface area contributed by atoms with E-state index in [1.807, 2.05) is 12.1 Å². The molecule has 1 heterocycles. The van der Waals surface area contributed by atoms with Gasteiger partial charge in [0.25, 0.3) is 0 Å². The van der Waals surface area contributed by atoms with Crippen LogP contribution >= 0.6 is 0 Å². The summed E-state index contributed by atoms with van der Waals surface area (Å²) in [4.78, 5) is 0. The van der Waals surface area contributed by atoms with E-state index in [0.717, 1.165) is 31.5 Å². The van der Waals surface area contributed by atoms with Crippen LogP contribution in [-0.2, 0) is 4.74 Å². The van der Waals surface area contributed by atoms with Crippen LogP contribution in [-0.4, -0.2) is 30.6 Å². The highest BCUT2D eigenvalue weighted by molar-refractivity contribution is 5.75. The zero-order chi connectivity index (χ0) is 15.4. The number of nitrogens with one attached hydrogen (secondary N) is 1. The molecule has 1 saturated heterocycles. The van der Waals surface area contributed by atoms with Gasteiger partial charge < -0.3 is 15.2 Å². The monoisotopic (exact) mass is 303 g/mol. The lowest BCUT2D eigenvalue weighted by atomic mass is 9.95. The van der Waals surface area contributed by atoms with Crippen molar-refractivity contribution in [1.82, 2.24) is 5.32 Å². The Balaban J connectivity index is 1.60. The first-order chi connectivity index (χ1) is 10.7. The summed E-state index contributed by atoms with van der Waals surface area (Å²) in [5.74, 6) is -1.02. The molecule has 1 aliphatic heterocycles. The van der Waals surface area contributed by atoms with Gasteiger partial charge >= 0.3 is 0 Å². The van der Waals surface area contributed by atoms with Crippen LogP contribution in [0.15, 0.2) is 42.5 Å². The predicted octanol–water partition coefficient (Wildman–Crippen LogP) is 2.87. The molecule has 0 saturated carbocycles. The van der Waals surface area contributed by atoms with E-state index in [-0.39, 0.29) is 5.82 Å². The lowest BCUT2D eigenvalue weighted by Gasteiger charge is -2.30. The van der Waals surface area contributed by atoms with Crippen molar-refractivity contribution in [1.29, 1.82) is 0 Å². The summed E-state index contributed by atoms with van der Waals surface area (Å²) in [6.45, 7) is 2.59. The molecule has 3 nitrogen and oxygen atoms in total. The van der Waals surface area contributed by atoms with Crippen molar-refractivity contribution in [3.63, 3.8) is 0 Å². The fraction of sp³-hybridized carbons (Fsp3) is 0.444. The van der Waals surface area contributed by atoms with E-state index >= 15 is 0 Å². The molecule has 2 aliphatic rings. The number of halogens is 1. The smallest absolute Gasteiger partial charge is 0.189 e. The maximum absolute atomic E-state index is 13.8. The van der Waals surface area contributed by atoms with Gasteiger partial charge in [-0.1, -0.05) is 30.4 Å². The van der Waals surface area contributed by atoms with Gasteiger partial charge in [0.15, 0.2) is 5.79 Å². The van der Waals surface area contributed by atoms with Crippen LogP contribution in [0.2, 0.25) is 0 Å². The molecule has 1 aliphatic carbocycles. The van der Waals surface area contributed by atoms with Crippen LogP contribution < -0.4 is 5.32 Å². The Hall–Kier alpha value is -1.49. The quantitative estimate of drug-likeness (QED) is 0.841. The largest absolute Gasteiger partial charge is 0.362 e. The van der Waals surface area contributed by atoms with Gasteiger partial charge in [-0.15, -0.1) is 0 Å². The second kappa shape index (κ2) is 6.73. The van der Waals surface area contributed by atoms with Crippen molar-refractivity contribution in [2.24, 2.45) is 5.92 Å². The van der Waals surface area contributed by atoms with E-state index < -0.39 is 5.79 Å². The Morgan fingerprint density at radius 1 is 1.27 bits per heavy atom. The van der Waals surface area contributed by atoms with Gasteiger partial charge in [0, 0.05) is 12.0 Å². The van der Waals surface area contributed by atoms with Crippen LogP contribution in [0.3, 0.4) is 0 Å². The molecule has 0 aromatic heterocycles. The maximum Gasteiger partial charge on any atom is 0.189 e. The third kappa shape index (κ3) is 3.64. The number of hydrogen-bond acceptors (Lipinski definition) is 3. The molecule has 1 aromatic carbocycles. The number of aliphatic hydroxyl groups is 1. The molecule has 0 radical (unpaired) electrons. The minimum atomic E-state index is -1.26. The minimum absolute atomic E-state index is 0.250. The third-order valence-electron chi connectivity index (χ3n) is 4.35. The molecule has 118 valence electrons. The van der Waals surface area contributed by atoms with E-state index in [0.29, 0.717) is 24.5 Å². The summed E-state index contributed by atoms with van der Waals surface area (Å²) in [6, 6.07) is 6.66. The molecule has 0 bridgehead atoms. The van der Waals surface area contributed by atoms with Gasteiger partial charge in [-0.05, 0) is 49.6 Å². The van der Waals surface area contributed by atoms with Gasteiger partial charge in [-0.25, -0.2) is 4.39 Å². The summed E-state index contributed by atoms with van der Waals surface area (Å²) in [7, 11) is 0. The van der Waals surface area contributed by atoms with Crippen LogP contribution in [0.25, 0.3) is 5.57 Å². The second-order valence-corrected chi connectivity index (χ2v) is 6.03. The number of allylic oxidation sites excluding steroid dienone is 2. The molecule has 0 spiro atoms. The van der Waals surface area contributed by atoms with Crippen LogP contribution in [0.5, 0.6) is 0 Å². The van der Waals surface area contributed by atoms with Crippen molar-refractivity contribution in [3.8, 4) is 0 Å². The molecule has 3 rings (SSSR count). The van der Waals surface area contributed by atoms with Crippen molar-refractivity contribution < 1.29 is 14.2 Å². The van der Waals surface area contributed by atoms with Crippen molar-refractivity contribution in [2.45, 2.75) is 25.0 Å². The maximum atomic E-state index is 13.8. The molecular formula is C18H22FNO2. The number of benzene rings is 1. The van der Waals surface area contributed by atoms with E-state index in [2.05, 4.69) is 5.32 Å². The summed E-state index contributed by atoms with van der Waals surface area (Å²) in [5, 5.41) is 13.8. The first-order valence-corrected chi connectivity index (χ1v) is 7.88. The molecule has 1 aromatic rings. The fourth-order valence-corrected chi connectivity index (χ4v) is 2.92. The van der Waals surface area contributed by atoms with Crippen molar-refractivity contribution in [2.75, 3.05) is 19.7 Å². The summed E-state index contributed by atoms with van der Waals surface area (Å²) < 4.78 is 19.5. The molecule has 1 unspecified atom stereocenters. The molecule has 4 heteroatoms. The first kappa shape index (κ1) is 15.4. The number of hydrogen-bond donors (Lipinski definition) is 2. The van der Waals surface area contributed by atoms with Crippen LogP contribution in [0.1, 0.15) is 24.8 Å². The molecule has 22 heavy (non-hydrogen) atoms. The average Bonchev–Trinajstić information content (AvgIpc) is 2.56. The predicted molar refractivity (Wildman–Crippen MR) is 84.6 cm³/mol. The molecule has 1 fully saturated rings. The summed E-state index contributed by atoms with van der Waals surface area (Å²) in [5.41, 5.74) is 1.34. The van der Waals surface area contributed by atoms with Gasteiger partial charge in [-0.2, -0.15) is 0 Å². The Bertz CT molecular complexity index is 578. The highest BCUT2D eigenvalue weighted by Crippen LogP contribution is 2.29. The number of piperidine rings is 1. The molecule has 0 amide bonds. The topological polar surface area (TPSA) is 41.5 Å². The van der Waals surface area contributed by atoms with E-state index in [1.54, 1.807) is 24.3 Å². The molecular weight excluding hydrogens is 281 g/mol. The van der Waals surface area contributed by atoms with Gasteiger partial charge in [-0.3, -0.25) is 0 Å². The lowest BCUT2D eigenvalue weighted by molar-refractivity contribution is -0.173. The number of rotatable bonds is 4. The highest BCUT2D eigenvalue weighted by atomic mass is 19.1. The SMILES string of the molecule is OC1(OCC2CCNCC2)C=CC(c2ccccc2F)=CC1. The van der Waals surface area contributed by atoms with E-state index in [1.165, 1.54) is 6.07 Å². The average molecular weight is 303 g/mol. The summed E-state index contributed by atoms with van der Waals surface area (Å²) >= 11 is 0.